The summed E-state index contributed by atoms with van der Waals surface area (Å²) in [5.41, 5.74) is 3.12. The molecule has 0 saturated carbocycles. The molecule has 1 aromatic carbocycles. The van der Waals surface area contributed by atoms with Gasteiger partial charge in [-0.15, -0.1) is 0 Å². The topological polar surface area (TPSA) is 12.0 Å². The number of hydrogen-bond acceptors (Lipinski definition) is 1. The van der Waals surface area contributed by atoms with Crippen LogP contribution in [0.15, 0.2) is 24.3 Å². The molecule has 96 valence electrons. The van der Waals surface area contributed by atoms with Gasteiger partial charge in [-0.1, -0.05) is 57.5 Å². The van der Waals surface area contributed by atoms with Crippen molar-refractivity contribution in [2.75, 3.05) is 13.1 Å². The molecule has 0 saturated heterocycles. The third kappa shape index (κ3) is 5.88. The first-order chi connectivity index (χ1) is 7.89. The zero-order valence-corrected chi connectivity index (χ0v) is 12.0. The van der Waals surface area contributed by atoms with Crippen molar-refractivity contribution < 1.29 is 0 Å². The molecule has 17 heavy (non-hydrogen) atoms. The van der Waals surface area contributed by atoms with Crippen molar-refractivity contribution >= 4 is 0 Å². The molecule has 0 radical (unpaired) electrons. The quantitative estimate of drug-likeness (QED) is 0.788. The molecule has 0 heterocycles. The number of rotatable bonds is 6. The van der Waals surface area contributed by atoms with Gasteiger partial charge in [0.25, 0.3) is 0 Å². The summed E-state index contributed by atoms with van der Waals surface area (Å²) in [5, 5.41) is 3.56. The van der Waals surface area contributed by atoms with E-state index in [1.807, 2.05) is 0 Å². The van der Waals surface area contributed by atoms with Crippen LogP contribution in [0.4, 0.5) is 0 Å². The molecule has 0 fully saturated rings. The minimum absolute atomic E-state index is 0.322. The maximum Gasteiger partial charge on any atom is 0.000581 e. The Kier molecular flexibility index (Phi) is 5.20. The van der Waals surface area contributed by atoms with E-state index in [1.165, 1.54) is 11.1 Å². The zero-order chi connectivity index (χ0) is 12.9. The van der Waals surface area contributed by atoms with Gasteiger partial charge in [0.15, 0.2) is 0 Å². The zero-order valence-electron chi connectivity index (χ0n) is 12.0. The summed E-state index contributed by atoms with van der Waals surface area (Å²) < 4.78 is 0. The second-order valence-electron chi connectivity index (χ2n) is 6.35. The molecule has 0 bridgehead atoms. The van der Waals surface area contributed by atoms with Gasteiger partial charge in [-0.05, 0) is 36.8 Å². The first-order valence-electron chi connectivity index (χ1n) is 6.65. The summed E-state index contributed by atoms with van der Waals surface area (Å²) in [6.45, 7) is 13.5. The molecule has 1 N–H and O–H groups in total. The molecule has 0 aliphatic carbocycles. The van der Waals surface area contributed by atoms with E-state index < -0.39 is 0 Å². The highest BCUT2D eigenvalue weighted by Crippen LogP contribution is 2.21. The van der Waals surface area contributed by atoms with E-state index in [2.05, 4.69) is 64.2 Å². The van der Waals surface area contributed by atoms with Gasteiger partial charge < -0.3 is 5.32 Å². The Morgan fingerprint density at radius 3 is 2.53 bits per heavy atom. The molecule has 1 aromatic rings. The molecule has 0 spiro atoms. The van der Waals surface area contributed by atoms with Gasteiger partial charge in [0.05, 0.1) is 0 Å². The molecule has 0 aromatic heterocycles. The molecule has 1 heteroatoms. The minimum atomic E-state index is 0.322. The van der Waals surface area contributed by atoms with Gasteiger partial charge in [0, 0.05) is 6.54 Å². The lowest BCUT2D eigenvalue weighted by molar-refractivity contribution is 0.330. The Balaban J connectivity index is 2.48. The van der Waals surface area contributed by atoms with Crippen LogP contribution in [0.25, 0.3) is 0 Å². The fourth-order valence-corrected chi connectivity index (χ4v) is 2.14. The van der Waals surface area contributed by atoms with Crippen LogP contribution in [-0.4, -0.2) is 13.1 Å². The van der Waals surface area contributed by atoms with Crippen LogP contribution >= 0.6 is 0 Å². The molecule has 0 aliphatic heterocycles. The van der Waals surface area contributed by atoms with Crippen molar-refractivity contribution in [3.63, 3.8) is 0 Å². The van der Waals surface area contributed by atoms with Gasteiger partial charge in [-0.25, -0.2) is 0 Å². The second kappa shape index (κ2) is 6.20. The summed E-state index contributed by atoms with van der Waals surface area (Å²) in [4.78, 5) is 0. The molecule has 0 aliphatic rings. The van der Waals surface area contributed by atoms with Gasteiger partial charge in [-0.3, -0.25) is 0 Å². The Bertz CT molecular complexity index is 339. The standard InChI is InChI=1S/C16H27N/c1-13(2)11-17-12-16(4,5)10-15-8-6-7-14(3)9-15/h6-9,13,17H,10-12H2,1-5H3. The van der Waals surface area contributed by atoms with E-state index in [4.69, 9.17) is 0 Å². The first kappa shape index (κ1) is 14.2. The lowest BCUT2D eigenvalue weighted by Crippen LogP contribution is -2.33. The van der Waals surface area contributed by atoms with E-state index in [9.17, 15) is 0 Å². The molecule has 0 unspecified atom stereocenters. The molecule has 0 amide bonds. The molecule has 1 rings (SSSR count). The van der Waals surface area contributed by atoms with Crippen LogP contribution in [0.2, 0.25) is 0 Å². The Labute approximate surface area is 107 Å². The summed E-state index contributed by atoms with van der Waals surface area (Å²) in [6, 6.07) is 8.84. The van der Waals surface area contributed by atoms with E-state index >= 15 is 0 Å². The number of aryl methyl sites for hydroxylation is 1. The average Bonchev–Trinajstić information content (AvgIpc) is 2.15. The van der Waals surface area contributed by atoms with E-state index in [0.29, 0.717) is 5.41 Å². The highest BCUT2D eigenvalue weighted by atomic mass is 14.9. The fourth-order valence-electron chi connectivity index (χ4n) is 2.14. The second-order valence-corrected chi connectivity index (χ2v) is 6.35. The van der Waals surface area contributed by atoms with Crippen LogP contribution < -0.4 is 5.32 Å². The highest BCUT2D eigenvalue weighted by Gasteiger charge is 2.18. The Morgan fingerprint density at radius 1 is 1.24 bits per heavy atom. The van der Waals surface area contributed by atoms with Crippen molar-refractivity contribution in [3.05, 3.63) is 35.4 Å². The summed E-state index contributed by atoms with van der Waals surface area (Å²) in [7, 11) is 0. The van der Waals surface area contributed by atoms with Crippen LogP contribution in [-0.2, 0) is 6.42 Å². The third-order valence-corrected chi connectivity index (χ3v) is 2.92. The Hall–Kier alpha value is -0.820. The van der Waals surface area contributed by atoms with E-state index in [1.54, 1.807) is 0 Å². The molecule has 0 atom stereocenters. The lowest BCUT2D eigenvalue weighted by atomic mass is 9.85. The van der Waals surface area contributed by atoms with Crippen molar-refractivity contribution in [2.24, 2.45) is 11.3 Å². The van der Waals surface area contributed by atoms with Gasteiger partial charge >= 0.3 is 0 Å². The van der Waals surface area contributed by atoms with Crippen molar-refractivity contribution in [1.82, 2.24) is 5.32 Å². The summed E-state index contributed by atoms with van der Waals surface area (Å²) in [6.07, 6.45) is 1.14. The predicted molar refractivity (Wildman–Crippen MR) is 76.4 cm³/mol. The number of benzene rings is 1. The molecular weight excluding hydrogens is 206 g/mol. The summed E-state index contributed by atoms with van der Waals surface area (Å²) >= 11 is 0. The van der Waals surface area contributed by atoms with Gasteiger partial charge in [0.1, 0.15) is 0 Å². The molecular formula is C16H27N. The van der Waals surface area contributed by atoms with E-state index in [-0.39, 0.29) is 0 Å². The number of nitrogens with one attached hydrogen (secondary N) is 1. The molecule has 1 nitrogen and oxygen atoms in total. The van der Waals surface area contributed by atoms with Crippen LogP contribution in [0.5, 0.6) is 0 Å². The average molecular weight is 233 g/mol. The van der Waals surface area contributed by atoms with Crippen molar-refractivity contribution in [2.45, 2.75) is 41.0 Å². The summed E-state index contributed by atoms with van der Waals surface area (Å²) in [5.74, 6) is 0.727. The van der Waals surface area contributed by atoms with Crippen LogP contribution in [0.3, 0.4) is 0 Å². The normalized spacial score (nSPS) is 12.1. The smallest absolute Gasteiger partial charge is 0.000581 e. The monoisotopic (exact) mass is 233 g/mol. The van der Waals surface area contributed by atoms with Crippen molar-refractivity contribution in [3.8, 4) is 0 Å². The van der Waals surface area contributed by atoms with Crippen molar-refractivity contribution in [1.29, 1.82) is 0 Å². The van der Waals surface area contributed by atoms with Crippen LogP contribution in [0, 0.1) is 18.3 Å². The third-order valence-electron chi connectivity index (χ3n) is 2.92. The largest absolute Gasteiger partial charge is 0.316 e. The SMILES string of the molecule is Cc1cccc(CC(C)(C)CNCC(C)C)c1. The van der Waals surface area contributed by atoms with Crippen LogP contribution in [0.1, 0.15) is 38.8 Å². The maximum atomic E-state index is 3.56. The highest BCUT2D eigenvalue weighted by molar-refractivity contribution is 5.23. The van der Waals surface area contributed by atoms with E-state index in [0.717, 1.165) is 25.4 Å². The van der Waals surface area contributed by atoms with Gasteiger partial charge in [-0.2, -0.15) is 0 Å². The van der Waals surface area contributed by atoms with Gasteiger partial charge in [0.2, 0.25) is 0 Å². The Morgan fingerprint density at radius 2 is 1.94 bits per heavy atom. The minimum Gasteiger partial charge on any atom is -0.316 e. The predicted octanol–water partition coefficient (Wildman–Crippen LogP) is 3.81. The lowest BCUT2D eigenvalue weighted by Gasteiger charge is -2.26. The number of hydrogen-bond donors (Lipinski definition) is 1. The first-order valence-corrected chi connectivity index (χ1v) is 6.65. The fraction of sp³-hybridized carbons (Fsp3) is 0.625. The maximum absolute atomic E-state index is 3.56.